The van der Waals surface area contributed by atoms with E-state index >= 15 is 0 Å². The fourth-order valence-electron chi connectivity index (χ4n) is 3.89. The van der Waals surface area contributed by atoms with E-state index in [0.717, 1.165) is 21.6 Å². The highest BCUT2D eigenvalue weighted by atomic mass is 127. The molecule has 1 heterocycles. The van der Waals surface area contributed by atoms with E-state index in [4.69, 9.17) is 32.7 Å². The first-order valence-corrected chi connectivity index (χ1v) is 12.8. The van der Waals surface area contributed by atoms with Crippen LogP contribution >= 0.6 is 45.8 Å². The lowest BCUT2D eigenvalue weighted by molar-refractivity contribution is -0.122. The van der Waals surface area contributed by atoms with E-state index in [0.29, 0.717) is 36.4 Å². The minimum Gasteiger partial charge on any atom is -0.493 e. The molecule has 4 amide bonds. The molecule has 1 saturated heterocycles. The largest absolute Gasteiger partial charge is 0.493 e. The average Bonchev–Trinajstić information content (AvgIpc) is 2.82. The number of ether oxygens (including phenoxy) is 2. The normalized spacial score (nSPS) is 14.7. The number of amides is 4. The molecule has 0 bridgehead atoms. The summed E-state index contributed by atoms with van der Waals surface area (Å²) >= 11 is 14.2. The Balaban J connectivity index is 1.65. The summed E-state index contributed by atoms with van der Waals surface area (Å²) in [6.45, 7) is 3.95. The third-order valence-corrected chi connectivity index (χ3v) is 7.04. The molecule has 3 aromatic carbocycles. The molecule has 0 spiro atoms. The number of imide groups is 2. The van der Waals surface area contributed by atoms with Crippen LogP contribution in [0.1, 0.15) is 22.3 Å². The summed E-state index contributed by atoms with van der Waals surface area (Å²) in [4.78, 5) is 39.4. The number of methoxy groups -OCH3 is 1. The maximum absolute atomic E-state index is 13.3. The number of aryl methyl sites for hydroxylation is 2. The molecule has 3 aromatic rings. The first-order valence-electron chi connectivity index (χ1n) is 11.0. The van der Waals surface area contributed by atoms with Crippen LogP contribution in [0.4, 0.5) is 10.5 Å². The number of nitrogens with one attached hydrogen (secondary N) is 1. The Hall–Kier alpha value is -3.08. The highest BCUT2D eigenvalue weighted by molar-refractivity contribution is 14.1. The second-order valence-corrected chi connectivity index (χ2v) is 10.4. The zero-order valence-corrected chi connectivity index (χ0v) is 23.7. The van der Waals surface area contributed by atoms with Gasteiger partial charge >= 0.3 is 6.03 Å². The highest BCUT2D eigenvalue weighted by Gasteiger charge is 2.37. The van der Waals surface area contributed by atoms with E-state index in [9.17, 15) is 14.4 Å². The van der Waals surface area contributed by atoms with E-state index in [1.165, 1.54) is 13.2 Å². The van der Waals surface area contributed by atoms with Gasteiger partial charge in [-0.3, -0.25) is 14.9 Å². The Labute approximate surface area is 237 Å². The maximum Gasteiger partial charge on any atom is 0.335 e. The van der Waals surface area contributed by atoms with Gasteiger partial charge in [-0.05, 0) is 101 Å². The van der Waals surface area contributed by atoms with Crippen molar-refractivity contribution >= 4 is 75.4 Å². The van der Waals surface area contributed by atoms with Crippen molar-refractivity contribution in [2.45, 2.75) is 20.5 Å². The van der Waals surface area contributed by atoms with Crippen LogP contribution in [0.5, 0.6) is 11.5 Å². The lowest BCUT2D eigenvalue weighted by Crippen LogP contribution is -2.54. The summed E-state index contributed by atoms with van der Waals surface area (Å²) < 4.78 is 12.2. The van der Waals surface area contributed by atoms with Crippen molar-refractivity contribution in [1.82, 2.24) is 5.32 Å². The number of halogens is 3. The van der Waals surface area contributed by atoms with Crippen LogP contribution in [0.25, 0.3) is 6.08 Å². The quantitative estimate of drug-likeness (QED) is 0.188. The lowest BCUT2D eigenvalue weighted by Gasteiger charge is -2.27. The Kier molecular flexibility index (Phi) is 8.11. The third kappa shape index (κ3) is 5.92. The molecule has 7 nitrogen and oxygen atoms in total. The molecule has 10 heteroatoms. The van der Waals surface area contributed by atoms with Crippen molar-refractivity contribution in [1.29, 1.82) is 0 Å². The minimum absolute atomic E-state index is 0.180. The molecular weight excluding hydrogens is 630 g/mol. The smallest absolute Gasteiger partial charge is 0.335 e. The summed E-state index contributed by atoms with van der Waals surface area (Å²) in [6, 6.07) is 13.2. The number of anilines is 1. The van der Waals surface area contributed by atoms with Gasteiger partial charge in [0, 0.05) is 0 Å². The van der Waals surface area contributed by atoms with Crippen molar-refractivity contribution in [3.63, 3.8) is 0 Å². The van der Waals surface area contributed by atoms with Gasteiger partial charge in [0.25, 0.3) is 11.8 Å². The standard InChI is InChI=1S/C27H21Cl2IN2O5/c1-14-6-15(2)8-18(7-14)32-26(34)19(25(33)31-27(32)35)9-17-11-22(30)24(23(12-17)36-3)37-13-16-4-5-20(28)21(29)10-16/h4-12H,13H2,1-3H3,(H,31,33,35)/b19-9+. The van der Waals surface area contributed by atoms with E-state index in [1.54, 1.807) is 36.4 Å². The molecule has 1 fully saturated rings. The highest BCUT2D eigenvalue weighted by Crippen LogP contribution is 2.36. The van der Waals surface area contributed by atoms with E-state index in [1.807, 2.05) is 26.0 Å². The molecule has 0 aliphatic carbocycles. The van der Waals surface area contributed by atoms with Crippen LogP contribution in [-0.2, 0) is 16.2 Å². The number of benzene rings is 3. The minimum atomic E-state index is -0.796. The van der Waals surface area contributed by atoms with Gasteiger partial charge in [-0.15, -0.1) is 0 Å². The Morgan fingerprint density at radius 3 is 2.32 bits per heavy atom. The van der Waals surface area contributed by atoms with Crippen LogP contribution in [0, 0.1) is 17.4 Å². The van der Waals surface area contributed by atoms with Crippen LogP contribution in [0.3, 0.4) is 0 Å². The molecule has 1 aliphatic rings. The van der Waals surface area contributed by atoms with Gasteiger partial charge in [0.2, 0.25) is 0 Å². The number of carbonyl (C=O) groups excluding carboxylic acids is 3. The number of rotatable bonds is 6. The molecule has 1 N–H and O–H groups in total. The van der Waals surface area contributed by atoms with Crippen molar-refractivity contribution in [3.8, 4) is 11.5 Å². The predicted octanol–water partition coefficient (Wildman–Crippen LogP) is 6.47. The average molecular weight is 651 g/mol. The van der Waals surface area contributed by atoms with E-state index in [-0.39, 0.29) is 12.2 Å². The molecule has 1 aliphatic heterocycles. The van der Waals surface area contributed by atoms with Gasteiger partial charge < -0.3 is 9.47 Å². The van der Waals surface area contributed by atoms with Crippen LogP contribution in [0.15, 0.2) is 54.1 Å². The number of barbiturate groups is 1. The van der Waals surface area contributed by atoms with Gasteiger partial charge in [-0.1, -0.05) is 35.3 Å². The SMILES string of the molecule is COc1cc(/C=C2\C(=O)NC(=O)N(c3cc(C)cc(C)c3)C2=O)cc(I)c1OCc1ccc(Cl)c(Cl)c1. The molecule has 37 heavy (non-hydrogen) atoms. The first-order chi connectivity index (χ1) is 17.6. The molecule has 0 unspecified atom stereocenters. The number of hydrogen-bond acceptors (Lipinski definition) is 5. The molecule has 0 radical (unpaired) electrons. The van der Waals surface area contributed by atoms with E-state index in [2.05, 4.69) is 27.9 Å². The lowest BCUT2D eigenvalue weighted by atomic mass is 10.0. The molecule has 0 saturated carbocycles. The predicted molar refractivity (Wildman–Crippen MR) is 151 cm³/mol. The number of hydrogen-bond donors (Lipinski definition) is 1. The van der Waals surface area contributed by atoms with Crippen LogP contribution in [0.2, 0.25) is 10.0 Å². The second-order valence-electron chi connectivity index (χ2n) is 8.38. The Bertz CT molecular complexity index is 1450. The zero-order valence-electron chi connectivity index (χ0n) is 20.0. The fraction of sp³-hybridized carbons (Fsp3) is 0.148. The molecule has 4 rings (SSSR count). The molecule has 0 aromatic heterocycles. The third-order valence-electron chi connectivity index (χ3n) is 5.50. The zero-order chi connectivity index (χ0) is 26.9. The van der Waals surface area contributed by atoms with Gasteiger partial charge in [-0.25, -0.2) is 9.69 Å². The van der Waals surface area contributed by atoms with Crippen molar-refractivity contribution in [2.75, 3.05) is 12.0 Å². The van der Waals surface area contributed by atoms with Crippen molar-refractivity contribution in [2.24, 2.45) is 0 Å². The summed E-state index contributed by atoms with van der Waals surface area (Å²) in [5.41, 5.74) is 3.32. The van der Waals surface area contributed by atoms with Gasteiger partial charge in [0.1, 0.15) is 12.2 Å². The Morgan fingerprint density at radius 1 is 0.973 bits per heavy atom. The van der Waals surface area contributed by atoms with Gasteiger partial charge in [0.05, 0.1) is 26.4 Å². The number of urea groups is 1. The van der Waals surface area contributed by atoms with Gasteiger partial charge in [-0.2, -0.15) is 0 Å². The second kappa shape index (κ2) is 11.1. The number of nitrogens with zero attached hydrogens (tertiary/aromatic N) is 1. The first kappa shape index (κ1) is 27.0. The summed E-state index contributed by atoms with van der Waals surface area (Å²) in [6.07, 6.45) is 1.42. The van der Waals surface area contributed by atoms with Crippen molar-refractivity contribution in [3.05, 3.63) is 90.0 Å². The van der Waals surface area contributed by atoms with Gasteiger partial charge in [0.15, 0.2) is 11.5 Å². The van der Waals surface area contributed by atoms with Crippen LogP contribution < -0.4 is 19.7 Å². The van der Waals surface area contributed by atoms with E-state index < -0.39 is 17.8 Å². The topological polar surface area (TPSA) is 84.9 Å². The molecular formula is C27H21Cl2IN2O5. The molecule has 190 valence electrons. The van der Waals surface area contributed by atoms with Crippen molar-refractivity contribution < 1.29 is 23.9 Å². The Morgan fingerprint density at radius 2 is 1.68 bits per heavy atom. The number of carbonyl (C=O) groups is 3. The monoisotopic (exact) mass is 650 g/mol. The van der Waals surface area contributed by atoms with Crippen LogP contribution in [-0.4, -0.2) is 25.0 Å². The molecule has 0 atom stereocenters. The fourth-order valence-corrected chi connectivity index (χ4v) is 4.99. The maximum atomic E-state index is 13.3. The summed E-state index contributed by atoms with van der Waals surface area (Å²) in [7, 11) is 1.49. The summed E-state index contributed by atoms with van der Waals surface area (Å²) in [5.74, 6) is -0.593. The summed E-state index contributed by atoms with van der Waals surface area (Å²) in [5, 5.41) is 3.13.